The van der Waals surface area contributed by atoms with Gasteiger partial charge in [0.1, 0.15) is 0 Å². The maximum absolute atomic E-state index is 13.7. The summed E-state index contributed by atoms with van der Waals surface area (Å²) in [7, 11) is -2.71. The molecule has 7 nitrogen and oxygen atoms in total. The van der Waals surface area contributed by atoms with Crippen molar-refractivity contribution >= 4 is 27.6 Å². The average molecular weight is 455 g/mol. The normalized spacial score (nSPS) is 23.1. The minimum Gasteiger partial charge on any atom is -0.452 e. The van der Waals surface area contributed by atoms with Crippen LogP contribution in [-0.2, 0) is 14.8 Å². The molecule has 168 valence electrons. The predicted octanol–water partition coefficient (Wildman–Crippen LogP) is 3.93. The Kier molecular flexibility index (Phi) is 5.46. The highest BCUT2D eigenvalue weighted by Crippen LogP contribution is 2.50. The molecular formula is C24H26N2O5S. The number of hydrogen-bond acceptors (Lipinski definition) is 5. The highest BCUT2D eigenvalue weighted by molar-refractivity contribution is 7.89. The fourth-order valence-corrected chi connectivity index (χ4v) is 6.42. The van der Waals surface area contributed by atoms with Crippen molar-refractivity contribution in [2.45, 2.75) is 43.2 Å². The van der Waals surface area contributed by atoms with Crippen molar-refractivity contribution in [1.29, 1.82) is 0 Å². The second-order valence-electron chi connectivity index (χ2n) is 8.21. The summed E-state index contributed by atoms with van der Waals surface area (Å²) in [5.74, 6) is -0.341. The Morgan fingerprint density at radius 3 is 2.47 bits per heavy atom. The molecule has 1 spiro atoms. The van der Waals surface area contributed by atoms with Gasteiger partial charge in [-0.1, -0.05) is 49.8 Å². The molecule has 1 amide bonds. The number of ether oxygens (including phenoxy) is 1. The van der Waals surface area contributed by atoms with Gasteiger partial charge in [-0.25, -0.2) is 13.2 Å². The number of carbonyl (C=O) groups is 2. The Morgan fingerprint density at radius 2 is 1.84 bits per heavy atom. The molecule has 0 saturated carbocycles. The third-order valence-corrected chi connectivity index (χ3v) is 8.23. The maximum Gasteiger partial charge on any atom is 0.415 e. The van der Waals surface area contributed by atoms with Gasteiger partial charge in [-0.2, -0.15) is 4.31 Å². The Balaban J connectivity index is 1.89. The van der Waals surface area contributed by atoms with Crippen molar-refractivity contribution in [2.75, 3.05) is 18.6 Å². The third-order valence-electron chi connectivity index (χ3n) is 6.36. The lowest BCUT2D eigenvalue weighted by molar-refractivity contribution is 0.0922. The summed E-state index contributed by atoms with van der Waals surface area (Å²) in [6, 6.07) is 12.7. The molecule has 8 heteroatoms. The number of hydrogen-bond donors (Lipinski definition) is 0. The van der Waals surface area contributed by atoms with Crippen molar-refractivity contribution in [3.05, 3.63) is 71.8 Å². The number of methoxy groups -OCH3 is 1. The first-order valence-corrected chi connectivity index (χ1v) is 11.9. The van der Waals surface area contributed by atoms with E-state index in [0.29, 0.717) is 29.7 Å². The van der Waals surface area contributed by atoms with Crippen LogP contribution >= 0.6 is 0 Å². The first-order chi connectivity index (χ1) is 15.2. The highest BCUT2D eigenvalue weighted by Gasteiger charge is 2.64. The quantitative estimate of drug-likeness (QED) is 0.654. The maximum atomic E-state index is 13.7. The third kappa shape index (κ3) is 3.01. The van der Waals surface area contributed by atoms with Gasteiger partial charge in [-0.15, -0.1) is 0 Å². The molecule has 2 aliphatic heterocycles. The van der Waals surface area contributed by atoms with Crippen LogP contribution in [0.5, 0.6) is 0 Å². The average Bonchev–Trinajstić information content (AvgIpc) is 3.21. The number of nitrogens with zero attached hydrogens (tertiary/aromatic N) is 2. The molecular weight excluding hydrogens is 428 g/mol. The summed E-state index contributed by atoms with van der Waals surface area (Å²) in [4.78, 5) is 28.1. The zero-order chi connectivity index (χ0) is 23.3. The SMILES string of the molecule is C=C1[C@@H](CCC)N(S(=O)(=O)c2ccc(C)cc2)C[C@@]12C(=O)c1ccccc1N2C(=O)OC. The summed E-state index contributed by atoms with van der Waals surface area (Å²) in [5, 5.41) is 0. The number of benzene rings is 2. The zero-order valence-corrected chi connectivity index (χ0v) is 19.2. The van der Waals surface area contributed by atoms with Crippen LogP contribution in [0.1, 0.15) is 35.7 Å². The molecule has 0 N–H and O–H groups in total. The monoisotopic (exact) mass is 454 g/mol. The van der Waals surface area contributed by atoms with Crippen LogP contribution in [0.25, 0.3) is 0 Å². The number of anilines is 1. The van der Waals surface area contributed by atoms with Crippen LogP contribution in [-0.4, -0.2) is 49.8 Å². The Bertz CT molecular complexity index is 1210. The molecule has 1 fully saturated rings. The van der Waals surface area contributed by atoms with Gasteiger partial charge >= 0.3 is 6.09 Å². The minimum absolute atomic E-state index is 0.140. The van der Waals surface area contributed by atoms with E-state index in [4.69, 9.17) is 4.74 Å². The van der Waals surface area contributed by atoms with Crippen molar-refractivity contribution in [1.82, 2.24) is 4.31 Å². The molecule has 0 aromatic heterocycles. The van der Waals surface area contributed by atoms with Gasteiger partial charge in [0.25, 0.3) is 0 Å². The van der Waals surface area contributed by atoms with Gasteiger partial charge < -0.3 is 4.74 Å². The summed E-state index contributed by atoms with van der Waals surface area (Å²) in [6.45, 7) is 7.80. The van der Waals surface area contributed by atoms with Crippen LogP contribution in [0.4, 0.5) is 10.5 Å². The largest absolute Gasteiger partial charge is 0.452 e. The summed E-state index contributed by atoms with van der Waals surface area (Å²) in [5.41, 5.74) is 0.532. The fourth-order valence-electron chi connectivity index (χ4n) is 4.74. The van der Waals surface area contributed by atoms with E-state index in [0.717, 1.165) is 5.56 Å². The number of amides is 1. The number of aryl methyl sites for hydroxylation is 1. The van der Waals surface area contributed by atoms with E-state index in [1.165, 1.54) is 16.3 Å². The first kappa shape index (κ1) is 22.2. The van der Waals surface area contributed by atoms with Crippen molar-refractivity contribution in [2.24, 2.45) is 0 Å². The molecule has 0 unspecified atom stereocenters. The van der Waals surface area contributed by atoms with Crippen LogP contribution in [0.15, 0.2) is 65.6 Å². The molecule has 2 aromatic carbocycles. The number of carbonyl (C=O) groups excluding carboxylic acids is 2. The molecule has 32 heavy (non-hydrogen) atoms. The zero-order valence-electron chi connectivity index (χ0n) is 18.4. The fraction of sp³-hybridized carbons (Fsp3) is 0.333. The Morgan fingerprint density at radius 1 is 1.19 bits per heavy atom. The molecule has 1 saturated heterocycles. The molecule has 2 aromatic rings. The molecule has 2 heterocycles. The summed E-state index contributed by atoms with van der Waals surface area (Å²) in [6.07, 6.45) is 0.429. The van der Waals surface area contributed by atoms with E-state index in [-0.39, 0.29) is 17.2 Å². The van der Waals surface area contributed by atoms with E-state index in [2.05, 4.69) is 6.58 Å². The van der Waals surface area contributed by atoms with E-state index in [9.17, 15) is 18.0 Å². The summed E-state index contributed by atoms with van der Waals surface area (Å²) < 4.78 is 33.7. The lowest BCUT2D eigenvalue weighted by Crippen LogP contribution is -2.56. The number of fused-ring (bicyclic) bond motifs is 1. The van der Waals surface area contributed by atoms with Crippen LogP contribution in [0.3, 0.4) is 0 Å². The van der Waals surface area contributed by atoms with E-state index >= 15 is 0 Å². The summed E-state index contributed by atoms with van der Waals surface area (Å²) >= 11 is 0. The number of ketones is 1. The molecule has 4 rings (SSSR count). The Labute approximate surface area is 188 Å². The molecule has 0 bridgehead atoms. The second-order valence-corrected chi connectivity index (χ2v) is 10.1. The molecule has 0 aliphatic carbocycles. The highest BCUT2D eigenvalue weighted by atomic mass is 32.2. The number of sulfonamides is 1. The lowest BCUT2D eigenvalue weighted by Gasteiger charge is -2.33. The van der Waals surface area contributed by atoms with Crippen molar-refractivity contribution in [3.63, 3.8) is 0 Å². The number of Topliss-reactive ketones (excluding diaryl/α,β-unsaturated/α-hetero) is 1. The number of rotatable bonds is 4. The smallest absolute Gasteiger partial charge is 0.415 e. The lowest BCUT2D eigenvalue weighted by atomic mass is 9.84. The van der Waals surface area contributed by atoms with E-state index in [1.54, 1.807) is 48.5 Å². The van der Waals surface area contributed by atoms with Gasteiger partial charge in [-0.05, 0) is 43.2 Å². The molecule has 2 atom stereocenters. The van der Waals surface area contributed by atoms with E-state index in [1.807, 2.05) is 13.8 Å². The first-order valence-electron chi connectivity index (χ1n) is 10.5. The van der Waals surface area contributed by atoms with Gasteiger partial charge in [0, 0.05) is 11.6 Å². The second kappa shape index (κ2) is 7.86. The van der Waals surface area contributed by atoms with Gasteiger partial charge in [0.2, 0.25) is 10.0 Å². The minimum atomic E-state index is -3.95. The van der Waals surface area contributed by atoms with Gasteiger partial charge in [-0.3, -0.25) is 9.69 Å². The van der Waals surface area contributed by atoms with E-state index < -0.39 is 27.7 Å². The van der Waals surface area contributed by atoms with Crippen molar-refractivity contribution < 1.29 is 22.7 Å². The van der Waals surface area contributed by atoms with Crippen LogP contribution in [0, 0.1) is 6.92 Å². The predicted molar refractivity (Wildman–Crippen MR) is 121 cm³/mol. The van der Waals surface area contributed by atoms with Gasteiger partial charge in [0.05, 0.1) is 24.2 Å². The topological polar surface area (TPSA) is 84.0 Å². The standard InChI is InChI=1S/C24H26N2O5S/c1-5-8-20-17(3)24(15-25(20)32(29,30)18-13-11-16(2)12-14-18)22(27)19-9-6-7-10-21(19)26(24)23(28)31-4/h6-7,9-14,20H,3,5,8,15H2,1-2,4H3/t20-,24+/m1/s1. The Hall–Kier alpha value is -2.97. The van der Waals surface area contributed by atoms with Crippen molar-refractivity contribution in [3.8, 4) is 0 Å². The number of para-hydroxylation sites is 1. The molecule has 0 radical (unpaired) electrons. The van der Waals surface area contributed by atoms with Gasteiger partial charge in [0.15, 0.2) is 11.3 Å². The van der Waals surface area contributed by atoms with Crippen LogP contribution in [0.2, 0.25) is 0 Å². The van der Waals surface area contributed by atoms with Crippen LogP contribution < -0.4 is 4.90 Å². The molecule has 2 aliphatic rings.